The Morgan fingerprint density at radius 2 is 1.56 bits per heavy atom. The Labute approximate surface area is 175 Å². The number of carbonyl (C=O) groups is 1. The van der Waals surface area contributed by atoms with Crippen LogP contribution in [0.2, 0.25) is 0 Å². The van der Waals surface area contributed by atoms with E-state index in [0.29, 0.717) is 31.2 Å². The molecule has 0 heterocycles. The molecule has 1 aromatic rings. The topological polar surface area (TPSA) is 65.5 Å². The van der Waals surface area contributed by atoms with Crippen molar-refractivity contribution in [3.8, 4) is 0 Å². The van der Waals surface area contributed by atoms with Crippen LogP contribution in [0.15, 0.2) is 29.3 Å². The van der Waals surface area contributed by atoms with Gasteiger partial charge in [-0.05, 0) is 24.6 Å². The second-order valence-corrected chi connectivity index (χ2v) is 6.82. The first kappa shape index (κ1) is 25.5. The van der Waals surface area contributed by atoms with Gasteiger partial charge in [-0.3, -0.25) is 4.79 Å². The zero-order valence-corrected chi connectivity index (χ0v) is 18.4. The fourth-order valence-corrected chi connectivity index (χ4v) is 1.93. The second-order valence-electron chi connectivity index (χ2n) is 6.82. The maximum atomic E-state index is 12.6. The molecule has 0 radical (unpaired) electrons. The molecule has 1 amide bonds. The van der Waals surface area contributed by atoms with Gasteiger partial charge in [0.1, 0.15) is 0 Å². The highest BCUT2D eigenvalue weighted by atomic mass is 127. The summed E-state index contributed by atoms with van der Waals surface area (Å²) in [6.07, 6.45) is -4.34. The predicted molar refractivity (Wildman–Crippen MR) is 112 cm³/mol. The summed E-state index contributed by atoms with van der Waals surface area (Å²) in [4.78, 5) is 16.1. The number of carbonyl (C=O) groups excluding carboxylic acids is 1. The van der Waals surface area contributed by atoms with Gasteiger partial charge in [-0.2, -0.15) is 13.2 Å². The maximum absolute atomic E-state index is 12.6. The van der Waals surface area contributed by atoms with E-state index in [4.69, 9.17) is 0 Å². The maximum Gasteiger partial charge on any atom is 0.416 e. The third-order valence-electron chi connectivity index (χ3n) is 3.43. The van der Waals surface area contributed by atoms with Crippen molar-refractivity contribution in [2.75, 3.05) is 19.6 Å². The first-order valence-electron chi connectivity index (χ1n) is 8.50. The van der Waals surface area contributed by atoms with Gasteiger partial charge in [0, 0.05) is 25.0 Å². The number of aliphatic imine (C=N–C) groups is 1. The van der Waals surface area contributed by atoms with Crippen molar-refractivity contribution in [1.29, 1.82) is 0 Å². The number of hydrogen-bond acceptors (Lipinski definition) is 2. The molecule has 0 fully saturated rings. The van der Waals surface area contributed by atoms with Crippen molar-refractivity contribution in [3.63, 3.8) is 0 Å². The monoisotopic (exact) mass is 500 g/mol. The van der Waals surface area contributed by atoms with Crippen molar-refractivity contribution in [2.45, 2.75) is 40.4 Å². The second kappa shape index (κ2) is 11.4. The minimum absolute atomic E-state index is 0. The van der Waals surface area contributed by atoms with E-state index in [1.807, 2.05) is 27.7 Å². The van der Waals surface area contributed by atoms with E-state index in [2.05, 4.69) is 20.9 Å². The van der Waals surface area contributed by atoms with E-state index in [9.17, 15) is 18.0 Å². The number of nitrogens with zero attached hydrogens (tertiary/aromatic N) is 1. The van der Waals surface area contributed by atoms with Crippen molar-refractivity contribution >= 4 is 35.8 Å². The van der Waals surface area contributed by atoms with Crippen LogP contribution in [-0.2, 0) is 17.5 Å². The van der Waals surface area contributed by atoms with Crippen LogP contribution in [0.25, 0.3) is 0 Å². The van der Waals surface area contributed by atoms with Crippen molar-refractivity contribution in [1.82, 2.24) is 16.0 Å². The van der Waals surface area contributed by atoms with Gasteiger partial charge in [-0.15, -0.1) is 24.0 Å². The van der Waals surface area contributed by atoms with Crippen LogP contribution in [0.3, 0.4) is 0 Å². The lowest BCUT2D eigenvalue weighted by Gasteiger charge is -2.18. The molecular weight excluding hydrogens is 472 g/mol. The number of amides is 1. The molecule has 0 aliphatic carbocycles. The van der Waals surface area contributed by atoms with Crippen LogP contribution in [0.5, 0.6) is 0 Å². The number of alkyl halides is 3. The fraction of sp³-hybridized carbons (Fsp3) is 0.556. The Balaban J connectivity index is 0.00000676. The molecule has 0 atom stereocenters. The van der Waals surface area contributed by atoms with Gasteiger partial charge < -0.3 is 16.0 Å². The van der Waals surface area contributed by atoms with Crippen molar-refractivity contribution < 1.29 is 18.0 Å². The highest BCUT2D eigenvalue weighted by Gasteiger charge is 2.29. The smallest absolute Gasteiger partial charge is 0.357 e. The molecule has 0 aromatic heterocycles. The number of halogens is 4. The van der Waals surface area contributed by atoms with Gasteiger partial charge in [0.25, 0.3) is 0 Å². The van der Waals surface area contributed by atoms with E-state index >= 15 is 0 Å². The van der Waals surface area contributed by atoms with Crippen molar-refractivity contribution in [3.05, 3.63) is 35.4 Å². The molecule has 1 aromatic carbocycles. The fourth-order valence-electron chi connectivity index (χ4n) is 1.93. The molecule has 9 heteroatoms. The van der Waals surface area contributed by atoms with Crippen LogP contribution >= 0.6 is 24.0 Å². The number of nitrogens with one attached hydrogen (secondary N) is 3. The average Bonchev–Trinajstić information content (AvgIpc) is 2.54. The molecule has 27 heavy (non-hydrogen) atoms. The molecule has 0 aliphatic rings. The summed E-state index contributed by atoms with van der Waals surface area (Å²) >= 11 is 0. The largest absolute Gasteiger partial charge is 0.416 e. The molecule has 0 unspecified atom stereocenters. The first-order valence-corrected chi connectivity index (χ1v) is 8.50. The summed E-state index contributed by atoms with van der Waals surface area (Å²) in [7, 11) is 0. The Morgan fingerprint density at radius 3 is 2.04 bits per heavy atom. The number of benzene rings is 1. The van der Waals surface area contributed by atoms with E-state index in [-0.39, 0.29) is 36.4 Å². The number of guanidine groups is 1. The Hall–Kier alpha value is -1.52. The summed E-state index contributed by atoms with van der Waals surface area (Å²) in [5.74, 6) is 0.503. The van der Waals surface area contributed by atoms with E-state index in [1.54, 1.807) is 0 Å². The lowest BCUT2D eigenvalue weighted by molar-refractivity contribution is -0.137. The Morgan fingerprint density at radius 1 is 1.00 bits per heavy atom. The summed E-state index contributed by atoms with van der Waals surface area (Å²) < 4.78 is 37.7. The lowest BCUT2D eigenvalue weighted by Crippen LogP contribution is -2.43. The van der Waals surface area contributed by atoms with E-state index in [1.165, 1.54) is 12.1 Å². The average molecular weight is 500 g/mol. The predicted octanol–water partition coefficient (Wildman–Crippen LogP) is 3.54. The van der Waals surface area contributed by atoms with E-state index < -0.39 is 17.2 Å². The molecule has 1 rings (SSSR count). The first-order chi connectivity index (χ1) is 12.0. The van der Waals surface area contributed by atoms with Gasteiger partial charge in [0.2, 0.25) is 5.91 Å². The van der Waals surface area contributed by atoms with E-state index in [0.717, 1.165) is 12.1 Å². The third kappa shape index (κ3) is 9.83. The van der Waals surface area contributed by atoms with Crippen LogP contribution in [0.4, 0.5) is 13.2 Å². The quantitative estimate of drug-likeness (QED) is 0.243. The third-order valence-corrected chi connectivity index (χ3v) is 3.43. The molecule has 5 nitrogen and oxygen atoms in total. The summed E-state index contributed by atoms with van der Waals surface area (Å²) in [5, 5.41) is 8.95. The Bertz CT molecular complexity index is 611. The van der Waals surface area contributed by atoms with Crippen molar-refractivity contribution in [2.24, 2.45) is 10.4 Å². The molecule has 154 valence electrons. The zero-order valence-electron chi connectivity index (χ0n) is 16.0. The Kier molecular flexibility index (Phi) is 10.7. The van der Waals surface area contributed by atoms with Gasteiger partial charge >= 0.3 is 6.18 Å². The zero-order chi connectivity index (χ0) is 19.8. The lowest BCUT2D eigenvalue weighted by atomic mass is 9.96. The highest BCUT2D eigenvalue weighted by molar-refractivity contribution is 14.0. The van der Waals surface area contributed by atoms with Gasteiger partial charge in [0.15, 0.2) is 5.96 Å². The normalized spacial score (nSPS) is 12.2. The SMILES string of the molecule is CCNC(=NCc1ccc(C(F)(F)F)cc1)NCCNC(=O)C(C)(C)C.I. The van der Waals surface area contributed by atoms with Crippen LogP contribution in [-0.4, -0.2) is 31.5 Å². The summed E-state index contributed by atoms with van der Waals surface area (Å²) in [6.45, 7) is 9.26. The minimum atomic E-state index is -4.34. The molecule has 0 spiro atoms. The van der Waals surface area contributed by atoms with Crippen LogP contribution in [0.1, 0.15) is 38.8 Å². The molecule has 0 saturated heterocycles. The van der Waals surface area contributed by atoms with Gasteiger partial charge in [-0.25, -0.2) is 4.99 Å². The highest BCUT2D eigenvalue weighted by Crippen LogP contribution is 2.29. The molecule has 0 saturated carbocycles. The summed E-state index contributed by atoms with van der Waals surface area (Å²) in [5.41, 5.74) is -0.442. The van der Waals surface area contributed by atoms with Crippen LogP contribution in [0, 0.1) is 5.41 Å². The molecular formula is C18H28F3IN4O. The number of hydrogen-bond donors (Lipinski definition) is 3. The summed E-state index contributed by atoms with van der Waals surface area (Å²) in [6, 6.07) is 4.93. The number of rotatable bonds is 6. The van der Waals surface area contributed by atoms with Gasteiger partial charge in [-0.1, -0.05) is 32.9 Å². The molecule has 0 bridgehead atoms. The van der Waals surface area contributed by atoms with Gasteiger partial charge in [0.05, 0.1) is 12.1 Å². The molecule has 3 N–H and O–H groups in total. The molecule has 0 aliphatic heterocycles. The van der Waals surface area contributed by atoms with Crippen LogP contribution < -0.4 is 16.0 Å². The minimum Gasteiger partial charge on any atom is -0.357 e. The standard InChI is InChI=1S/C18H27F3N4O.HI/c1-5-22-16(24-11-10-23-15(26)17(2,3)4)25-12-13-6-8-14(9-7-13)18(19,20)21;/h6-9H,5,10-12H2,1-4H3,(H,23,26)(H2,22,24,25);1H.